The van der Waals surface area contributed by atoms with E-state index in [0.29, 0.717) is 14.9 Å². The van der Waals surface area contributed by atoms with Crippen LogP contribution in [0.4, 0.5) is 0 Å². The predicted molar refractivity (Wildman–Crippen MR) is 77.7 cm³/mol. The van der Waals surface area contributed by atoms with Gasteiger partial charge < -0.3 is 5.32 Å². The molecule has 19 heavy (non-hydrogen) atoms. The Kier molecular flexibility index (Phi) is 3.14. The summed E-state index contributed by atoms with van der Waals surface area (Å²) in [4.78, 5) is 16.3. The number of hydrogen-bond acceptors (Lipinski definition) is 5. The van der Waals surface area contributed by atoms with Crippen molar-refractivity contribution in [2.75, 3.05) is 0 Å². The second-order valence-corrected chi connectivity index (χ2v) is 5.44. The quantitative estimate of drug-likeness (QED) is 0.674. The maximum absolute atomic E-state index is 11.5. The lowest BCUT2D eigenvalue weighted by Gasteiger charge is -1.97. The molecule has 1 fully saturated rings. The van der Waals surface area contributed by atoms with Crippen LogP contribution in [-0.2, 0) is 4.79 Å². The highest BCUT2D eigenvalue weighted by atomic mass is 32.2. The van der Waals surface area contributed by atoms with Crippen molar-refractivity contribution >= 4 is 40.3 Å². The molecule has 7 heteroatoms. The number of rotatable bonds is 2. The second kappa shape index (κ2) is 4.94. The van der Waals surface area contributed by atoms with E-state index < -0.39 is 0 Å². The highest BCUT2D eigenvalue weighted by molar-refractivity contribution is 8.26. The van der Waals surface area contributed by atoms with Crippen molar-refractivity contribution in [3.8, 4) is 5.82 Å². The predicted octanol–water partition coefficient (Wildman–Crippen LogP) is 1.76. The summed E-state index contributed by atoms with van der Waals surface area (Å²) >= 11 is 6.17. The Morgan fingerprint density at radius 2 is 2.26 bits per heavy atom. The summed E-state index contributed by atoms with van der Waals surface area (Å²) in [7, 11) is 0. The van der Waals surface area contributed by atoms with Crippen LogP contribution in [0.3, 0.4) is 0 Å². The van der Waals surface area contributed by atoms with Gasteiger partial charge in [0.15, 0.2) is 5.82 Å². The zero-order valence-electron chi connectivity index (χ0n) is 9.61. The standard InChI is InChI=1S/C12H8N4OS2/c17-11-9(19-12(18)14-11)7-8-4-6-16(15-8)10-3-1-2-5-13-10/h1-7H,(H,14,17,18)/b9-7-. The van der Waals surface area contributed by atoms with E-state index in [2.05, 4.69) is 15.4 Å². The third-order valence-corrected chi connectivity index (χ3v) is 3.58. The van der Waals surface area contributed by atoms with Gasteiger partial charge in [0.2, 0.25) is 0 Å². The molecule has 1 amide bonds. The van der Waals surface area contributed by atoms with Crippen LogP contribution in [0.25, 0.3) is 11.9 Å². The zero-order chi connectivity index (χ0) is 13.2. The molecule has 1 saturated heterocycles. The third kappa shape index (κ3) is 2.56. The third-order valence-electron chi connectivity index (χ3n) is 2.41. The SMILES string of the molecule is O=C1NC(=S)S/C1=C\c1ccn(-c2ccccn2)n1. The highest BCUT2D eigenvalue weighted by Gasteiger charge is 2.22. The minimum absolute atomic E-state index is 0.178. The lowest BCUT2D eigenvalue weighted by Crippen LogP contribution is -2.17. The van der Waals surface area contributed by atoms with E-state index in [0.717, 1.165) is 5.82 Å². The first-order valence-electron chi connectivity index (χ1n) is 5.44. The summed E-state index contributed by atoms with van der Waals surface area (Å²) in [6.45, 7) is 0. The Bertz CT molecular complexity index is 678. The minimum atomic E-state index is -0.178. The van der Waals surface area contributed by atoms with Gasteiger partial charge in [-0.15, -0.1) is 0 Å². The molecule has 2 aromatic rings. The monoisotopic (exact) mass is 288 g/mol. The number of nitrogens with one attached hydrogen (secondary N) is 1. The maximum Gasteiger partial charge on any atom is 0.263 e. The molecular weight excluding hydrogens is 280 g/mol. The Labute approximate surface area is 118 Å². The lowest BCUT2D eigenvalue weighted by molar-refractivity contribution is -0.115. The summed E-state index contributed by atoms with van der Waals surface area (Å²) in [5.41, 5.74) is 0.688. The van der Waals surface area contributed by atoms with E-state index in [4.69, 9.17) is 12.2 Å². The topological polar surface area (TPSA) is 59.8 Å². The van der Waals surface area contributed by atoms with E-state index >= 15 is 0 Å². The van der Waals surface area contributed by atoms with E-state index in [1.54, 1.807) is 23.2 Å². The lowest BCUT2D eigenvalue weighted by atomic mass is 10.4. The molecule has 0 saturated carbocycles. The molecule has 1 aliphatic rings. The molecule has 0 atom stereocenters. The first-order chi connectivity index (χ1) is 9.22. The molecule has 0 unspecified atom stereocenters. The van der Waals surface area contributed by atoms with Gasteiger partial charge in [0.25, 0.3) is 5.91 Å². The molecule has 94 valence electrons. The number of pyridine rings is 1. The Hall–Kier alpha value is -1.99. The fourth-order valence-corrected chi connectivity index (χ4v) is 2.62. The van der Waals surface area contributed by atoms with Crippen molar-refractivity contribution < 1.29 is 4.79 Å². The van der Waals surface area contributed by atoms with E-state index in [1.807, 2.05) is 24.3 Å². The normalized spacial score (nSPS) is 16.9. The number of thiocarbonyl (C=S) groups is 1. The average Bonchev–Trinajstić information content (AvgIpc) is 2.99. The van der Waals surface area contributed by atoms with Gasteiger partial charge in [0.1, 0.15) is 4.32 Å². The Morgan fingerprint density at radius 3 is 2.95 bits per heavy atom. The van der Waals surface area contributed by atoms with Crippen LogP contribution in [0, 0.1) is 0 Å². The molecular formula is C12H8N4OS2. The van der Waals surface area contributed by atoms with Crippen LogP contribution in [0.5, 0.6) is 0 Å². The van der Waals surface area contributed by atoms with Gasteiger partial charge in [-0.05, 0) is 24.3 Å². The number of amides is 1. The number of hydrogen-bond donors (Lipinski definition) is 1. The number of nitrogens with zero attached hydrogens (tertiary/aromatic N) is 3. The largest absolute Gasteiger partial charge is 0.307 e. The molecule has 0 aliphatic carbocycles. The van der Waals surface area contributed by atoms with Crippen LogP contribution >= 0.6 is 24.0 Å². The van der Waals surface area contributed by atoms with E-state index in [9.17, 15) is 4.79 Å². The van der Waals surface area contributed by atoms with Gasteiger partial charge in [-0.2, -0.15) is 5.10 Å². The number of aromatic nitrogens is 3. The first-order valence-corrected chi connectivity index (χ1v) is 6.67. The summed E-state index contributed by atoms with van der Waals surface area (Å²) in [5, 5.41) is 6.91. The van der Waals surface area contributed by atoms with Gasteiger partial charge in [-0.25, -0.2) is 9.67 Å². The molecule has 0 aromatic carbocycles. The molecule has 3 rings (SSSR count). The van der Waals surface area contributed by atoms with Gasteiger partial charge in [-0.1, -0.05) is 30.0 Å². The van der Waals surface area contributed by atoms with E-state index in [-0.39, 0.29) is 5.91 Å². The molecule has 1 N–H and O–H groups in total. The molecule has 5 nitrogen and oxygen atoms in total. The van der Waals surface area contributed by atoms with Crippen LogP contribution in [0.1, 0.15) is 5.69 Å². The molecule has 0 bridgehead atoms. The van der Waals surface area contributed by atoms with Crippen LogP contribution in [0.15, 0.2) is 41.6 Å². The van der Waals surface area contributed by atoms with Crippen molar-refractivity contribution in [1.82, 2.24) is 20.1 Å². The second-order valence-electron chi connectivity index (χ2n) is 3.73. The van der Waals surface area contributed by atoms with Gasteiger partial charge in [-0.3, -0.25) is 4.79 Å². The number of thioether (sulfide) groups is 1. The average molecular weight is 288 g/mol. The smallest absolute Gasteiger partial charge is 0.263 e. The first kappa shape index (κ1) is 12.1. The fourth-order valence-electron chi connectivity index (χ4n) is 1.59. The molecule has 3 heterocycles. The summed E-state index contributed by atoms with van der Waals surface area (Å²) in [5.74, 6) is 0.550. The van der Waals surface area contributed by atoms with Gasteiger partial charge >= 0.3 is 0 Å². The van der Waals surface area contributed by atoms with Crippen LogP contribution in [-0.4, -0.2) is 25.0 Å². The van der Waals surface area contributed by atoms with Crippen molar-refractivity contribution in [3.05, 3.63) is 47.3 Å². The number of carbonyl (C=O) groups is 1. The van der Waals surface area contributed by atoms with Crippen molar-refractivity contribution in [1.29, 1.82) is 0 Å². The highest BCUT2D eigenvalue weighted by Crippen LogP contribution is 2.25. The summed E-state index contributed by atoms with van der Waals surface area (Å²) in [6, 6.07) is 7.41. The minimum Gasteiger partial charge on any atom is -0.307 e. The molecule has 1 aliphatic heterocycles. The van der Waals surface area contributed by atoms with Crippen LogP contribution in [0.2, 0.25) is 0 Å². The Balaban J connectivity index is 1.89. The molecule has 0 spiro atoms. The van der Waals surface area contributed by atoms with E-state index in [1.165, 1.54) is 11.8 Å². The van der Waals surface area contributed by atoms with Gasteiger partial charge in [0.05, 0.1) is 10.6 Å². The molecule has 2 aromatic heterocycles. The van der Waals surface area contributed by atoms with Crippen molar-refractivity contribution in [2.24, 2.45) is 0 Å². The summed E-state index contributed by atoms with van der Waals surface area (Å²) in [6.07, 6.45) is 5.21. The molecule has 0 radical (unpaired) electrons. The van der Waals surface area contributed by atoms with Crippen molar-refractivity contribution in [2.45, 2.75) is 0 Å². The van der Waals surface area contributed by atoms with Crippen LogP contribution < -0.4 is 5.32 Å². The fraction of sp³-hybridized carbons (Fsp3) is 0. The summed E-state index contributed by atoms with van der Waals surface area (Å²) < 4.78 is 2.13. The maximum atomic E-state index is 11.5. The zero-order valence-corrected chi connectivity index (χ0v) is 11.2. The number of carbonyl (C=O) groups excluding carboxylic acids is 1. The van der Waals surface area contributed by atoms with Crippen molar-refractivity contribution in [3.63, 3.8) is 0 Å². The Morgan fingerprint density at radius 1 is 1.37 bits per heavy atom. The van der Waals surface area contributed by atoms with Gasteiger partial charge in [0, 0.05) is 12.4 Å².